The lowest BCUT2D eigenvalue weighted by Gasteiger charge is -2.34. The molecule has 1 aliphatic rings. The predicted molar refractivity (Wildman–Crippen MR) is 62.9 cm³/mol. The van der Waals surface area contributed by atoms with E-state index in [0.717, 1.165) is 0 Å². The third kappa shape index (κ3) is 2.36. The van der Waals surface area contributed by atoms with Crippen LogP contribution in [0.2, 0.25) is 0 Å². The number of anilines is 1. The van der Waals surface area contributed by atoms with Gasteiger partial charge < -0.3 is 10.0 Å². The fraction of sp³-hybridized carbons (Fsp3) is 0.545. The van der Waals surface area contributed by atoms with Crippen molar-refractivity contribution in [1.82, 2.24) is 4.98 Å². The Balaban J connectivity index is 2.25. The molecule has 2 unspecified atom stereocenters. The average Bonchev–Trinajstić information content (AvgIpc) is 2.32. The van der Waals surface area contributed by atoms with Crippen LogP contribution in [0.25, 0.3) is 0 Å². The summed E-state index contributed by atoms with van der Waals surface area (Å²) < 4.78 is 0. The topological polar surface area (TPSA) is 79.5 Å². The highest BCUT2D eigenvalue weighted by Crippen LogP contribution is 2.28. The number of piperidine rings is 1. The van der Waals surface area contributed by atoms with Gasteiger partial charge in [-0.3, -0.25) is 10.1 Å². The number of hydrogen-bond donors (Lipinski definition) is 1. The van der Waals surface area contributed by atoms with Crippen molar-refractivity contribution >= 4 is 11.5 Å². The van der Waals surface area contributed by atoms with E-state index in [2.05, 4.69) is 4.98 Å². The van der Waals surface area contributed by atoms with Gasteiger partial charge >= 0.3 is 5.69 Å². The second-order valence-electron chi connectivity index (χ2n) is 4.38. The summed E-state index contributed by atoms with van der Waals surface area (Å²) in [6.07, 6.45) is 1.85. The van der Waals surface area contributed by atoms with Crippen LogP contribution in [-0.4, -0.2) is 34.2 Å². The van der Waals surface area contributed by atoms with Gasteiger partial charge in [0.25, 0.3) is 0 Å². The van der Waals surface area contributed by atoms with Gasteiger partial charge in [-0.25, -0.2) is 4.98 Å². The lowest BCUT2D eigenvalue weighted by molar-refractivity contribution is -0.384. The number of aliphatic hydroxyl groups is 1. The number of aromatic nitrogens is 1. The van der Waals surface area contributed by atoms with Gasteiger partial charge in [0.05, 0.1) is 11.0 Å². The fourth-order valence-electron chi connectivity index (χ4n) is 2.10. The van der Waals surface area contributed by atoms with Gasteiger partial charge in [-0.15, -0.1) is 0 Å². The number of nitro groups is 1. The molecule has 1 aromatic heterocycles. The van der Waals surface area contributed by atoms with Gasteiger partial charge in [0.2, 0.25) is 5.82 Å². The number of nitrogens with zero attached hydrogens (tertiary/aromatic N) is 3. The van der Waals surface area contributed by atoms with Gasteiger partial charge in [0, 0.05) is 25.4 Å². The summed E-state index contributed by atoms with van der Waals surface area (Å²) in [4.78, 5) is 16.4. The molecule has 2 heterocycles. The molecule has 0 saturated carbocycles. The Morgan fingerprint density at radius 1 is 1.65 bits per heavy atom. The molecular weight excluding hydrogens is 222 g/mol. The van der Waals surface area contributed by atoms with Crippen LogP contribution in [-0.2, 0) is 0 Å². The van der Waals surface area contributed by atoms with Crippen molar-refractivity contribution in [3.63, 3.8) is 0 Å². The summed E-state index contributed by atoms with van der Waals surface area (Å²) in [6, 6.07) is 3.02. The van der Waals surface area contributed by atoms with Crippen LogP contribution in [0.15, 0.2) is 18.3 Å². The van der Waals surface area contributed by atoms with Gasteiger partial charge in [-0.1, -0.05) is 6.92 Å². The smallest absolute Gasteiger partial charge is 0.311 e. The molecule has 0 amide bonds. The number of hydrogen-bond acceptors (Lipinski definition) is 5. The van der Waals surface area contributed by atoms with Crippen molar-refractivity contribution in [3.8, 4) is 0 Å². The van der Waals surface area contributed by atoms with Crippen LogP contribution < -0.4 is 4.90 Å². The minimum Gasteiger partial charge on any atom is -0.393 e. The van der Waals surface area contributed by atoms with E-state index in [1.54, 1.807) is 12.3 Å². The number of rotatable bonds is 2. The van der Waals surface area contributed by atoms with Gasteiger partial charge in [-0.2, -0.15) is 0 Å². The summed E-state index contributed by atoms with van der Waals surface area (Å²) >= 11 is 0. The van der Waals surface area contributed by atoms with Crippen LogP contribution in [0.5, 0.6) is 0 Å². The van der Waals surface area contributed by atoms with Crippen LogP contribution in [0.1, 0.15) is 13.3 Å². The predicted octanol–water partition coefficient (Wildman–Crippen LogP) is 1.20. The van der Waals surface area contributed by atoms with Gasteiger partial charge in [0.15, 0.2) is 0 Å². The summed E-state index contributed by atoms with van der Waals surface area (Å²) in [5.41, 5.74) is 0.0242. The van der Waals surface area contributed by atoms with E-state index in [1.807, 2.05) is 11.8 Å². The molecule has 1 aromatic rings. The van der Waals surface area contributed by atoms with E-state index in [0.29, 0.717) is 25.3 Å². The minimum absolute atomic E-state index is 0.0242. The second kappa shape index (κ2) is 4.67. The molecule has 1 N–H and O–H groups in total. The van der Waals surface area contributed by atoms with E-state index in [9.17, 15) is 15.2 Å². The van der Waals surface area contributed by atoms with E-state index >= 15 is 0 Å². The summed E-state index contributed by atoms with van der Waals surface area (Å²) in [5.74, 6) is 0.501. The first kappa shape index (κ1) is 11.8. The SMILES string of the molecule is CC1CN(c2ncccc2[N+](=O)[O-])CCC1O. The Kier molecular flexibility index (Phi) is 3.23. The van der Waals surface area contributed by atoms with Crippen molar-refractivity contribution in [3.05, 3.63) is 28.4 Å². The monoisotopic (exact) mass is 237 g/mol. The molecule has 0 aliphatic carbocycles. The third-order valence-corrected chi connectivity index (χ3v) is 3.12. The third-order valence-electron chi connectivity index (χ3n) is 3.12. The lowest BCUT2D eigenvalue weighted by Crippen LogP contribution is -2.42. The Bertz CT molecular complexity index is 424. The van der Waals surface area contributed by atoms with E-state index in [1.165, 1.54) is 6.07 Å². The molecule has 2 atom stereocenters. The standard InChI is InChI=1S/C11H15N3O3/c1-8-7-13(6-4-10(8)15)11-9(14(16)17)3-2-5-12-11/h2-3,5,8,10,15H,4,6-7H2,1H3. The molecule has 17 heavy (non-hydrogen) atoms. The van der Waals surface area contributed by atoms with Crippen LogP contribution in [0.4, 0.5) is 11.5 Å². The summed E-state index contributed by atoms with van der Waals surface area (Å²) in [5, 5.41) is 20.5. The van der Waals surface area contributed by atoms with Crippen molar-refractivity contribution in [2.45, 2.75) is 19.4 Å². The van der Waals surface area contributed by atoms with Gasteiger partial charge in [-0.05, 0) is 18.4 Å². The first-order valence-electron chi connectivity index (χ1n) is 5.62. The molecule has 1 aliphatic heterocycles. The Hall–Kier alpha value is -1.69. The summed E-state index contributed by atoms with van der Waals surface area (Å²) in [6.45, 7) is 3.13. The first-order chi connectivity index (χ1) is 8.09. The van der Waals surface area contributed by atoms with E-state index < -0.39 is 4.92 Å². The molecule has 2 rings (SSSR count). The second-order valence-corrected chi connectivity index (χ2v) is 4.38. The molecule has 6 nitrogen and oxygen atoms in total. The molecule has 6 heteroatoms. The molecule has 92 valence electrons. The maximum atomic E-state index is 10.9. The largest absolute Gasteiger partial charge is 0.393 e. The summed E-state index contributed by atoms with van der Waals surface area (Å²) in [7, 11) is 0. The zero-order chi connectivity index (χ0) is 12.4. The van der Waals surface area contributed by atoms with Crippen LogP contribution in [0, 0.1) is 16.0 Å². The minimum atomic E-state index is -0.419. The Morgan fingerprint density at radius 2 is 2.41 bits per heavy atom. The van der Waals surface area contributed by atoms with Crippen molar-refractivity contribution in [1.29, 1.82) is 0 Å². The molecule has 0 aromatic carbocycles. The van der Waals surface area contributed by atoms with Crippen LogP contribution in [0.3, 0.4) is 0 Å². The van der Waals surface area contributed by atoms with Crippen LogP contribution >= 0.6 is 0 Å². The average molecular weight is 237 g/mol. The fourth-order valence-corrected chi connectivity index (χ4v) is 2.10. The highest BCUT2D eigenvalue weighted by atomic mass is 16.6. The normalized spacial score (nSPS) is 24.7. The highest BCUT2D eigenvalue weighted by molar-refractivity contribution is 5.57. The van der Waals surface area contributed by atoms with Crippen molar-refractivity contribution < 1.29 is 10.0 Å². The van der Waals surface area contributed by atoms with E-state index in [4.69, 9.17) is 0 Å². The molecule has 1 fully saturated rings. The molecule has 0 spiro atoms. The van der Waals surface area contributed by atoms with Crippen molar-refractivity contribution in [2.24, 2.45) is 5.92 Å². The van der Waals surface area contributed by atoms with E-state index in [-0.39, 0.29) is 17.7 Å². The van der Waals surface area contributed by atoms with Gasteiger partial charge in [0.1, 0.15) is 0 Å². The molecule has 0 radical (unpaired) electrons. The number of aliphatic hydroxyl groups excluding tert-OH is 1. The zero-order valence-electron chi connectivity index (χ0n) is 9.61. The highest BCUT2D eigenvalue weighted by Gasteiger charge is 2.28. The van der Waals surface area contributed by atoms with Crippen molar-refractivity contribution in [2.75, 3.05) is 18.0 Å². The maximum absolute atomic E-state index is 10.9. The zero-order valence-corrected chi connectivity index (χ0v) is 9.61. The molecular formula is C11H15N3O3. The quantitative estimate of drug-likeness (QED) is 0.617. The Morgan fingerprint density at radius 3 is 3.06 bits per heavy atom. The lowest BCUT2D eigenvalue weighted by atomic mass is 9.97. The molecule has 0 bridgehead atoms. The first-order valence-corrected chi connectivity index (χ1v) is 5.62. The molecule has 1 saturated heterocycles. The Labute approximate surface area is 99.0 Å². The maximum Gasteiger partial charge on any atom is 0.311 e. The number of pyridine rings is 1.